The van der Waals surface area contributed by atoms with Gasteiger partial charge in [0.2, 0.25) is 0 Å². The highest BCUT2D eigenvalue weighted by Gasteiger charge is 2.49. The molecule has 2 aromatic carbocycles. The minimum Gasteiger partial charge on any atom is -0.508 e. The van der Waals surface area contributed by atoms with Crippen LogP contribution in [0.4, 0.5) is 0 Å². The van der Waals surface area contributed by atoms with E-state index in [4.69, 9.17) is 0 Å². The Bertz CT molecular complexity index is 1070. The molecule has 0 saturated heterocycles. The standard InChI is InChI=1S/C28H32N2O4/c1-5-17(3)15-29-25(19-7-11-21(31)12-8-19)23-24(27(29)33)26(20-9-13-22(32)14-10-20)30(28(23)34)16-18(4)6-2/h7-14,17-18,31-32H,5-6,15-16H2,1-4H3/t17-,18-/m0/s1. The fourth-order valence-electron chi connectivity index (χ4n) is 4.47. The SMILES string of the molecule is CC[C@H](C)CN1C(=O)C2=C(c3ccc(O)cc3)N(C[C@@H](C)CC)C(=O)C2=C1c1ccc(O)cc1. The van der Waals surface area contributed by atoms with Crippen molar-refractivity contribution in [3.05, 3.63) is 70.8 Å². The van der Waals surface area contributed by atoms with Crippen molar-refractivity contribution in [1.82, 2.24) is 9.80 Å². The van der Waals surface area contributed by atoms with E-state index in [2.05, 4.69) is 27.7 Å². The fourth-order valence-corrected chi connectivity index (χ4v) is 4.47. The maximum absolute atomic E-state index is 13.9. The maximum Gasteiger partial charge on any atom is 0.261 e. The van der Waals surface area contributed by atoms with E-state index in [1.54, 1.807) is 58.3 Å². The van der Waals surface area contributed by atoms with Gasteiger partial charge in [-0.25, -0.2) is 0 Å². The minimum atomic E-state index is -0.179. The van der Waals surface area contributed by atoms with Gasteiger partial charge in [-0.15, -0.1) is 0 Å². The fraction of sp³-hybridized carbons (Fsp3) is 0.357. The summed E-state index contributed by atoms with van der Waals surface area (Å²) in [6.45, 7) is 9.35. The Hall–Kier alpha value is -3.54. The number of phenols is 2. The third-order valence-electron chi connectivity index (χ3n) is 6.85. The molecule has 0 unspecified atom stereocenters. The summed E-state index contributed by atoms with van der Waals surface area (Å²) >= 11 is 0. The van der Waals surface area contributed by atoms with Crippen LogP contribution in [0.5, 0.6) is 11.5 Å². The first-order valence-corrected chi connectivity index (χ1v) is 12.0. The van der Waals surface area contributed by atoms with Crippen LogP contribution in [0.1, 0.15) is 51.7 Å². The minimum absolute atomic E-state index is 0.129. The topological polar surface area (TPSA) is 81.1 Å². The molecular weight excluding hydrogens is 428 g/mol. The number of nitrogens with zero attached hydrogens (tertiary/aromatic N) is 2. The molecule has 0 fully saturated rings. The molecule has 0 bridgehead atoms. The molecule has 0 aromatic heterocycles. The van der Waals surface area contributed by atoms with Crippen LogP contribution in [0.25, 0.3) is 11.4 Å². The van der Waals surface area contributed by atoms with Gasteiger partial charge < -0.3 is 20.0 Å². The van der Waals surface area contributed by atoms with Gasteiger partial charge in [0, 0.05) is 13.1 Å². The average molecular weight is 461 g/mol. The van der Waals surface area contributed by atoms with Crippen LogP contribution in [0.3, 0.4) is 0 Å². The van der Waals surface area contributed by atoms with Gasteiger partial charge in [-0.2, -0.15) is 0 Å². The number of aromatic hydroxyl groups is 2. The summed E-state index contributed by atoms with van der Waals surface area (Å²) in [5.41, 5.74) is 3.50. The first-order valence-electron chi connectivity index (χ1n) is 12.0. The summed E-state index contributed by atoms with van der Waals surface area (Å²) in [6.07, 6.45) is 1.81. The van der Waals surface area contributed by atoms with Gasteiger partial charge in [-0.3, -0.25) is 9.59 Å². The van der Waals surface area contributed by atoms with Crippen molar-refractivity contribution >= 4 is 23.2 Å². The molecule has 2 atom stereocenters. The lowest BCUT2D eigenvalue weighted by atomic mass is 10.0. The smallest absolute Gasteiger partial charge is 0.261 e. The van der Waals surface area contributed by atoms with E-state index in [1.165, 1.54) is 0 Å². The molecule has 2 aliphatic heterocycles. The van der Waals surface area contributed by atoms with E-state index in [0.717, 1.165) is 24.0 Å². The second-order valence-corrected chi connectivity index (χ2v) is 9.40. The van der Waals surface area contributed by atoms with Crippen LogP contribution in [0, 0.1) is 11.8 Å². The molecule has 178 valence electrons. The number of rotatable bonds is 8. The quantitative estimate of drug-likeness (QED) is 0.581. The number of carbonyl (C=O) groups excluding carboxylic acids is 2. The predicted molar refractivity (Wildman–Crippen MR) is 132 cm³/mol. The molecule has 4 rings (SSSR count). The normalized spacial score (nSPS) is 17.6. The maximum atomic E-state index is 13.9. The Morgan fingerprint density at radius 1 is 0.647 bits per heavy atom. The zero-order valence-electron chi connectivity index (χ0n) is 20.2. The van der Waals surface area contributed by atoms with Crippen LogP contribution < -0.4 is 0 Å². The molecule has 0 spiro atoms. The van der Waals surface area contributed by atoms with Gasteiger partial charge in [0.25, 0.3) is 11.8 Å². The Morgan fingerprint density at radius 2 is 0.971 bits per heavy atom. The summed E-state index contributed by atoms with van der Waals surface area (Å²) in [4.78, 5) is 31.3. The first kappa shape index (κ1) is 23.6. The number of hydrogen-bond donors (Lipinski definition) is 2. The van der Waals surface area contributed by atoms with Crippen LogP contribution >= 0.6 is 0 Å². The molecule has 0 saturated carbocycles. The molecule has 0 aliphatic carbocycles. The largest absolute Gasteiger partial charge is 0.508 e. The number of hydrogen-bond acceptors (Lipinski definition) is 4. The van der Waals surface area contributed by atoms with Gasteiger partial charge in [-0.1, -0.05) is 40.5 Å². The molecule has 2 aliphatic rings. The summed E-state index contributed by atoms with van der Waals surface area (Å²) in [7, 11) is 0. The van der Waals surface area contributed by atoms with Crippen LogP contribution in [-0.2, 0) is 9.59 Å². The van der Waals surface area contributed by atoms with E-state index in [-0.39, 0.29) is 35.1 Å². The molecule has 34 heavy (non-hydrogen) atoms. The van der Waals surface area contributed by atoms with Crippen LogP contribution in [0.2, 0.25) is 0 Å². The van der Waals surface area contributed by atoms with Crippen molar-refractivity contribution in [2.45, 2.75) is 40.5 Å². The third-order valence-corrected chi connectivity index (χ3v) is 6.85. The van der Waals surface area contributed by atoms with Crippen molar-refractivity contribution in [2.24, 2.45) is 11.8 Å². The molecule has 6 nitrogen and oxygen atoms in total. The van der Waals surface area contributed by atoms with Gasteiger partial charge in [0.1, 0.15) is 11.5 Å². The number of amides is 2. The van der Waals surface area contributed by atoms with Gasteiger partial charge in [0.05, 0.1) is 22.5 Å². The molecule has 6 heteroatoms. The summed E-state index contributed by atoms with van der Waals surface area (Å²) in [5, 5.41) is 19.6. The van der Waals surface area contributed by atoms with Gasteiger partial charge in [0.15, 0.2) is 0 Å². The lowest BCUT2D eigenvalue weighted by molar-refractivity contribution is -0.124. The average Bonchev–Trinajstić information content (AvgIpc) is 3.26. The second kappa shape index (κ2) is 9.37. The third kappa shape index (κ3) is 4.09. The Morgan fingerprint density at radius 3 is 1.26 bits per heavy atom. The molecule has 2 N–H and O–H groups in total. The molecule has 2 aromatic rings. The van der Waals surface area contributed by atoms with E-state index in [9.17, 15) is 19.8 Å². The van der Waals surface area contributed by atoms with Crippen molar-refractivity contribution < 1.29 is 19.8 Å². The molecule has 0 radical (unpaired) electrons. The highest BCUT2D eigenvalue weighted by molar-refractivity contribution is 6.30. The lowest BCUT2D eigenvalue weighted by Crippen LogP contribution is -2.34. The molecular formula is C28H32N2O4. The van der Waals surface area contributed by atoms with Crippen LogP contribution in [-0.4, -0.2) is 44.9 Å². The molecule has 2 heterocycles. The van der Waals surface area contributed by atoms with Gasteiger partial charge >= 0.3 is 0 Å². The number of fused-ring (bicyclic) bond motifs is 1. The highest BCUT2D eigenvalue weighted by Crippen LogP contribution is 2.47. The number of carbonyl (C=O) groups is 2. The van der Waals surface area contributed by atoms with Crippen molar-refractivity contribution in [1.29, 1.82) is 0 Å². The van der Waals surface area contributed by atoms with E-state index in [0.29, 0.717) is 35.6 Å². The van der Waals surface area contributed by atoms with Gasteiger partial charge in [-0.05, 0) is 71.5 Å². The Balaban J connectivity index is 1.97. The molecule has 2 amide bonds. The number of benzene rings is 2. The van der Waals surface area contributed by atoms with Crippen molar-refractivity contribution in [2.75, 3.05) is 13.1 Å². The zero-order valence-corrected chi connectivity index (χ0v) is 20.2. The summed E-state index contributed by atoms with van der Waals surface area (Å²) in [6, 6.07) is 13.3. The van der Waals surface area contributed by atoms with Crippen LogP contribution in [0.15, 0.2) is 59.7 Å². The van der Waals surface area contributed by atoms with E-state index >= 15 is 0 Å². The van der Waals surface area contributed by atoms with Crippen molar-refractivity contribution in [3.63, 3.8) is 0 Å². The number of phenolic OH excluding ortho intramolecular Hbond substituents is 2. The first-order chi connectivity index (χ1) is 16.3. The lowest BCUT2D eigenvalue weighted by Gasteiger charge is -2.28. The monoisotopic (exact) mass is 460 g/mol. The van der Waals surface area contributed by atoms with E-state index in [1.807, 2.05) is 0 Å². The summed E-state index contributed by atoms with van der Waals surface area (Å²) < 4.78 is 0. The highest BCUT2D eigenvalue weighted by atomic mass is 16.3. The van der Waals surface area contributed by atoms with Crippen molar-refractivity contribution in [3.8, 4) is 11.5 Å². The summed E-state index contributed by atoms with van der Waals surface area (Å²) in [5.74, 6) is 0.398. The zero-order chi connectivity index (χ0) is 24.6. The van der Waals surface area contributed by atoms with E-state index < -0.39 is 0 Å². The predicted octanol–water partition coefficient (Wildman–Crippen LogP) is 5.00. The Labute approximate surface area is 200 Å². The Kier molecular flexibility index (Phi) is 6.51. The second-order valence-electron chi connectivity index (χ2n) is 9.40.